The lowest BCUT2D eigenvalue weighted by atomic mass is 10.00. The van der Waals surface area contributed by atoms with Gasteiger partial charge in [-0.15, -0.1) is 0 Å². The monoisotopic (exact) mass is 434 g/mol. The van der Waals surface area contributed by atoms with Crippen LogP contribution in [0, 0.1) is 6.92 Å². The summed E-state index contributed by atoms with van der Waals surface area (Å²) in [5.74, 6) is -0.792. The second-order valence-electron chi connectivity index (χ2n) is 7.43. The van der Waals surface area contributed by atoms with Crippen molar-refractivity contribution in [2.45, 2.75) is 32.7 Å². The molecule has 0 atom stereocenters. The summed E-state index contributed by atoms with van der Waals surface area (Å²) in [5, 5.41) is 4.49. The Morgan fingerprint density at radius 1 is 1.27 bits per heavy atom. The van der Waals surface area contributed by atoms with Crippen LogP contribution in [-0.4, -0.2) is 60.7 Å². The van der Waals surface area contributed by atoms with Gasteiger partial charge < -0.3 is 10.5 Å². The van der Waals surface area contributed by atoms with Gasteiger partial charge in [0.25, 0.3) is 0 Å². The van der Waals surface area contributed by atoms with E-state index in [1.807, 2.05) is 6.07 Å². The lowest BCUT2D eigenvalue weighted by molar-refractivity contribution is 0.0947. The number of rotatable bonds is 8. The largest absolute Gasteiger partial charge is 0.385 e. The number of aryl methyl sites for hydroxylation is 2. The van der Waals surface area contributed by atoms with Crippen molar-refractivity contribution in [3.8, 4) is 5.69 Å². The normalized spacial score (nSPS) is 14.7. The molecule has 10 heteroatoms. The van der Waals surface area contributed by atoms with Crippen LogP contribution in [0.5, 0.6) is 0 Å². The van der Waals surface area contributed by atoms with E-state index in [-0.39, 0.29) is 18.9 Å². The van der Waals surface area contributed by atoms with Crippen LogP contribution in [0.3, 0.4) is 0 Å². The molecule has 1 aromatic carbocycles. The fraction of sp³-hybridized carbons (Fsp3) is 0.450. The fourth-order valence-electron chi connectivity index (χ4n) is 3.72. The van der Waals surface area contributed by atoms with E-state index in [4.69, 9.17) is 10.5 Å². The molecule has 0 fully saturated rings. The van der Waals surface area contributed by atoms with Crippen LogP contribution in [0.25, 0.3) is 5.69 Å². The van der Waals surface area contributed by atoms with Crippen molar-refractivity contribution >= 4 is 21.7 Å². The van der Waals surface area contributed by atoms with Crippen LogP contribution in [0.1, 0.15) is 50.5 Å². The predicted molar refractivity (Wildman–Crippen MR) is 111 cm³/mol. The smallest absolute Gasteiger partial charge is 0.248 e. The number of amides is 1. The van der Waals surface area contributed by atoms with E-state index >= 15 is 0 Å². The number of nitrogens with two attached hydrogens (primary N) is 1. The summed E-state index contributed by atoms with van der Waals surface area (Å²) in [5.41, 5.74) is 8.91. The Labute approximate surface area is 175 Å². The van der Waals surface area contributed by atoms with Crippen LogP contribution in [0.15, 0.2) is 18.2 Å². The maximum Gasteiger partial charge on any atom is 0.248 e. The van der Waals surface area contributed by atoms with Crippen molar-refractivity contribution in [3.63, 3.8) is 0 Å². The van der Waals surface area contributed by atoms with Crippen LogP contribution in [0.4, 0.5) is 0 Å². The minimum atomic E-state index is -3.54. The standard InChI is InChI=1S/C20H26N4O5S/c1-13-19-17(11-23(12-18(19)25)30(3,27)28)24(22-13)15-7-8-16(20(21)26)14(10-15)6-4-5-9-29-2/h7-8,10H,4-6,9,11-12H2,1-3H3,(H2,21,26). The molecule has 1 amide bonds. The molecule has 1 aliphatic heterocycles. The lowest BCUT2D eigenvalue weighted by Crippen LogP contribution is -2.39. The van der Waals surface area contributed by atoms with E-state index < -0.39 is 15.9 Å². The topological polar surface area (TPSA) is 125 Å². The highest BCUT2D eigenvalue weighted by atomic mass is 32.2. The number of hydrogen-bond acceptors (Lipinski definition) is 6. The number of fused-ring (bicyclic) bond motifs is 1. The number of ether oxygens (including phenoxy) is 1. The minimum Gasteiger partial charge on any atom is -0.385 e. The second-order valence-corrected chi connectivity index (χ2v) is 9.41. The molecule has 0 aliphatic carbocycles. The van der Waals surface area contributed by atoms with E-state index in [1.165, 1.54) is 0 Å². The molecule has 0 radical (unpaired) electrons. The number of nitrogens with zero attached hydrogens (tertiary/aromatic N) is 3. The molecule has 1 aromatic heterocycles. The first-order valence-electron chi connectivity index (χ1n) is 9.62. The van der Waals surface area contributed by atoms with Crippen molar-refractivity contribution < 1.29 is 22.7 Å². The Hall–Kier alpha value is -2.56. The molecule has 3 rings (SSSR count). The van der Waals surface area contributed by atoms with Crippen LogP contribution >= 0.6 is 0 Å². The molecule has 0 spiro atoms. The first kappa shape index (κ1) is 22.1. The summed E-state index contributed by atoms with van der Waals surface area (Å²) in [6, 6.07) is 5.17. The van der Waals surface area contributed by atoms with Gasteiger partial charge in [-0.05, 0) is 49.9 Å². The van der Waals surface area contributed by atoms with E-state index in [9.17, 15) is 18.0 Å². The Balaban J connectivity index is 2.03. The van der Waals surface area contributed by atoms with Crippen molar-refractivity contribution in [3.05, 3.63) is 46.3 Å². The number of ketones is 1. The summed E-state index contributed by atoms with van der Waals surface area (Å²) in [4.78, 5) is 24.4. The van der Waals surface area contributed by atoms with Gasteiger partial charge in [0.05, 0.1) is 42.0 Å². The zero-order valence-electron chi connectivity index (χ0n) is 17.3. The average Bonchev–Trinajstić information content (AvgIpc) is 3.01. The molecule has 0 saturated carbocycles. The number of Topliss-reactive ketones (excluding diaryl/α,β-unsaturated/α-hetero) is 1. The molecule has 1 aliphatic rings. The van der Waals surface area contributed by atoms with Gasteiger partial charge in [0, 0.05) is 19.3 Å². The molecule has 30 heavy (non-hydrogen) atoms. The zero-order chi connectivity index (χ0) is 22.1. The lowest BCUT2D eigenvalue weighted by Gasteiger charge is -2.24. The molecular weight excluding hydrogens is 408 g/mol. The molecule has 162 valence electrons. The third kappa shape index (κ3) is 4.45. The predicted octanol–water partition coefficient (Wildman–Crippen LogP) is 1.21. The molecule has 2 N–H and O–H groups in total. The summed E-state index contributed by atoms with van der Waals surface area (Å²) in [6.07, 6.45) is 3.37. The number of methoxy groups -OCH3 is 1. The Morgan fingerprint density at radius 2 is 2.00 bits per heavy atom. The van der Waals surface area contributed by atoms with Crippen LogP contribution in [0.2, 0.25) is 0 Å². The number of aromatic nitrogens is 2. The van der Waals surface area contributed by atoms with Gasteiger partial charge in [0.2, 0.25) is 15.9 Å². The third-order valence-electron chi connectivity index (χ3n) is 5.19. The van der Waals surface area contributed by atoms with Gasteiger partial charge in [0.15, 0.2) is 5.78 Å². The zero-order valence-corrected chi connectivity index (χ0v) is 18.2. The Morgan fingerprint density at radius 3 is 2.63 bits per heavy atom. The maximum absolute atomic E-state index is 12.6. The van der Waals surface area contributed by atoms with Crippen molar-refractivity contribution in [2.24, 2.45) is 5.73 Å². The highest BCUT2D eigenvalue weighted by molar-refractivity contribution is 7.88. The highest BCUT2D eigenvalue weighted by Gasteiger charge is 2.34. The number of carbonyl (C=O) groups is 2. The fourth-order valence-corrected chi connectivity index (χ4v) is 4.42. The number of unbranched alkanes of at least 4 members (excludes halogenated alkanes) is 1. The molecule has 0 saturated heterocycles. The molecule has 9 nitrogen and oxygen atoms in total. The van der Waals surface area contributed by atoms with Gasteiger partial charge >= 0.3 is 0 Å². The summed E-state index contributed by atoms with van der Waals surface area (Å²) in [7, 11) is -1.90. The molecule has 2 heterocycles. The SMILES string of the molecule is COCCCCc1cc(-n2nc(C)c3c2CN(S(C)(=O)=O)CC3=O)ccc1C(N)=O. The van der Waals surface area contributed by atoms with Gasteiger partial charge in [-0.25, -0.2) is 13.1 Å². The first-order chi connectivity index (χ1) is 14.1. The summed E-state index contributed by atoms with van der Waals surface area (Å²) in [6.45, 7) is 2.22. The molecule has 0 unspecified atom stereocenters. The highest BCUT2D eigenvalue weighted by Crippen LogP contribution is 2.27. The third-order valence-corrected chi connectivity index (χ3v) is 6.39. The Bertz CT molecular complexity index is 1090. The van der Waals surface area contributed by atoms with E-state index in [1.54, 1.807) is 30.8 Å². The Kier molecular flexibility index (Phi) is 6.39. The van der Waals surface area contributed by atoms with Crippen molar-refractivity contribution in [1.29, 1.82) is 0 Å². The summed E-state index contributed by atoms with van der Waals surface area (Å²) >= 11 is 0. The molecular formula is C20H26N4O5S. The average molecular weight is 435 g/mol. The second kappa shape index (κ2) is 8.66. The van der Waals surface area contributed by atoms with Gasteiger partial charge in [-0.2, -0.15) is 9.40 Å². The van der Waals surface area contributed by atoms with Gasteiger partial charge in [0.1, 0.15) is 0 Å². The number of benzene rings is 1. The van der Waals surface area contributed by atoms with Crippen molar-refractivity contribution in [2.75, 3.05) is 26.5 Å². The van der Waals surface area contributed by atoms with Crippen molar-refractivity contribution in [1.82, 2.24) is 14.1 Å². The number of primary amides is 1. The molecule has 0 bridgehead atoms. The maximum atomic E-state index is 12.6. The number of sulfonamides is 1. The van der Waals surface area contributed by atoms with E-state index in [2.05, 4.69) is 5.10 Å². The van der Waals surface area contributed by atoms with Crippen LogP contribution < -0.4 is 5.73 Å². The first-order valence-corrected chi connectivity index (χ1v) is 11.5. The van der Waals surface area contributed by atoms with E-state index in [0.29, 0.717) is 41.2 Å². The van der Waals surface area contributed by atoms with Crippen LogP contribution in [-0.2, 0) is 27.7 Å². The van der Waals surface area contributed by atoms with Gasteiger partial charge in [-0.1, -0.05) is 0 Å². The number of carbonyl (C=O) groups excluding carboxylic acids is 2. The summed E-state index contributed by atoms with van der Waals surface area (Å²) < 4.78 is 31.8. The minimum absolute atomic E-state index is 0.0570. The molecule has 2 aromatic rings. The quantitative estimate of drug-likeness (QED) is 0.623. The van der Waals surface area contributed by atoms with E-state index in [0.717, 1.165) is 29.0 Å². The number of hydrogen-bond donors (Lipinski definition) is 1. The van der Waals surface area contributed by atoms with Gasteiger partial charge in [-0.3, -0.25) is 9.59 Å².